The van der Waals surface area contributed by atoms with Gasteiger partial charge in [-0.2, -0.15) is 74.6 Å². The van der Waals surface area contributed by atoms with E-state index in [4.69, 9.17) is 0 Å². The molecule has 2 atom stereocenters. The summed E-state index contributed by atoms with van der Waals surface area (Å²) in [6.45, 7) is 0.834. The van der Waals surface area contributed by atoms with Crippen LogP contribution in [-0.2, 0) is 14.3 Å². The highest BCUT2D eigenvalue weighted by Gasteiger charge is 2.85. The zero-order chi connectivity index (χ0) is 30.6. The minimum Gasteiger partial charge on any atom is -0.351 e. The minimum absolute atomic E-state index is 0.139. The summed E-state index contributed by atoms with van der Waals surface area (Å²) in [5.74, 6) is -25.9. The predicted octanol–water partition coefficient (Wildman–Crippen LogP) is 7.34. The maximum absolute atomic E-state index is 14.3. The Morgan fingerprint density at radius 3 is 1.42 bits per heavy atom. The molecule has 0 saturated heterocycles. The molecule has 0 spiro atoms. The predicted molar refractivity (Wildman–Crippen MR) is 89.2 cm³/mol. The molecule has 0 bridgehead atoms. The first-order chi connectivity index (χ1) is 16.6. The summed E-state index contributed by atoms with van der Waals surface area (Å²) in [5.41, 5.74) is 0. The topological polar surface area (TPSA) is 47.6 Å². The van der Waals surface area contributed by atoms with Crippen LogP contribution in [-0.4, -0.2) is 60.8 Å². The SMILES string of the molecule is CCCCCCCCNC(=O)[C@](F)(OC(F)(F)[C@@](F)(OC(F)(F)C(F)(F)C(F)(F)F)C(F)(F)F)C(F)(F)F. The van der Waals surface area contributed by atoms with Gasteiger partial charge in [-0.15, -0.1) is 0 Å². The van der Waals surface area contributed by atoms with Crippen molar-refractivity contribution in [2.45, 2.75) is 93.8 Å². The molecule has 0 radical (unpaired) electrons. The van der Waals surface area contributed by atoms with Crippen LogP contribution in [0.3, 0.4) is 0 Å². The summed E-state index contributed by atoms with van der Waals surface area (Å²) in [6.07, 6.45) is -36.0. The molecule has 0 aromatic carbocycles. The van der Waals surface area contributed by atoms with Crippen LogP contribution >= 0.6 is 0 Å². The number of nitrogens with one attached hydrogen (secondary N) is 1. The van der Waals surface area contributed by atoms with Crippen LogP contribution in [0.15, 0.2) is 0 Å². The molecule has 0 aromatic rings. The monoisotopic (exact) mass is 607 g/mol. The average Bonchev–Trinajstić information content (AvgIpc) is 2.69. The van der Waals surface area contributed by atoms with Gasteiger partial charge >= 0.3 is 48.4 Å². The van der Waals surface area contributed by atoms with Crippen LogP contribution in [0, 0.1) is 0 Å². The maximum atomic E-state index is 14.3. The number of rotatable bonds is 14. The lowest BCUT2D eigenvalue weighted by atomic mass is 10.1. The number of hydrogen-bond donors (Lipinski definition) is 1. The second-order valence-corrected chi connectivity index (χ2v) is 7.52. The number of hydrogen-bond acceptors (Lipinski definition) is 3. The number of alkyl halides is 17. The number of carbonyl (C=O) groups is 1. The van der Waals surface area contributed by atoms with E-state index in [0.29, 0.717) is 19.3 Å². The van der Waals surface area contributed by atoms with Crippen molar-refractivity contribution >= 4 is 5.91 Å². The van der Waals surface area contributed by atoms with Gasteiger partial charge in [0.25, 0.3) is 5.91 Å². The van der Waals surface area contributed by atoms with Gasteiger partial charge in [0.15, 0.2) is 0 Å². The molecule has 0 aromatic heterocycles. The molecule has 0 aliphatic rings. The summed E-state index contributed by atoms with van der Waals surface area (Å²) in [5, 5.41) is 0.972. The smallest absolute Gasteiger partial charge is 0.351 e. The van der Waals surface area contributed by atoms with Gasteiger partial charge in [-0.05, 0) is 6.42 Å². The highest BCUT2D eigenvalue weighted by Crippen LogP contribution is 2.56. The van der Waals surface area contributed by atoms with E-state index in [0.717, 1.165) is 11.7 Å². The molecular formula is C17H18F17NO3. The summed E-state index contributed by atoms with van der Waals surface area (Å²) >= 11 is 0. The highest BCUT2D eigenvalue weighted by atomic mass is 19.4. The molecule has 0 aliphatic heterocycles. The largest absolute Gasteiger partial charge is 0.462 e. The van der Waals surface area contributed by atoms with Crippen molar-refractivity contribution in [2.24, 2.45) is 0 Å². The van der Waals surface area contributed by atoms with Gasteiger partial charge < -0.3 is 5.32 Å². The van der Waals surface area contributed by atoms with Crippen molar-refractivity contribution in [3.8, 4) is 0 Å². The molecule has 1 N–H and O–H groups in total. The van der Waals surface area contributed by atoms with Crippen LogP contribution in [0.2, 0.25) is 0 Å². The fraction of sp³-hybridized carbons (Fsp3) is 0.941. The van der Waals surface area contributed by atoms with E-state index in [1.165, 1.54) is 4.74 Å². The number of carbonyl (C=O) groups excluding carboxylic acids is 1. The van der Waals surface area contributed by atoms with E-state index in [-0.39, 0.29) is 12.8 Å². The van der Waals surface area contributed by atoms with E-state index in [1.54, 1.807) is 6.92 Å². The minimum atomic E-state index is -8.01. The van der Waals surface area contributed by atoms with Gasteiger partial charge in [0.2, 0.25) is 0 Å². The van der Waals surface area contributed by atoms with Crippen molar-refractivity contribution in [3.05, 3.63) is 0 Å². The molecule has 0 saturated carbocycles. The molecule has 0 unspecified atom stereocenters. The lowest BCUT2D eigenvalue weighted by Gasteiger charge is -2.40. The Bertz CT molecular complexity index is 779. The van der Waals surface area contributed by atoms with E-state index in [2.05, 4.69) is 0 Å². The fourth-order valence-corrected chi connectivity index (χ4v) is 2.38. The van der Waals surface area contributed by atoms with E-state index in [9.17, 15) is 79.4 Å². The van der Waals surface area contributed by atoms with Crippen molar-refractivity contribution < 1.29 is 88.9 Å². The third kappa shape index (κ3) is 7.65. The molecule has 0 heterocycles. The number of amides is 1. The Balaban J connectivity index is 6.22. The van der Waals surface area contributed by atoms with E-state index >= 15 is 0 Å². The summed E-state index contributed by atoms with van der Waals surface area (Å²) < 4.78 is 225. The molecule has 4 nitrogen and oxygen atoms in total. The molecule has 38 heavy (non-hydrogen) atoms. The number of halogens is 17. The molecule has 0 rings (SSSR count). The molecule has 21 heteroatoms. The lowest BCUT2D eigenvalue weighted by Crippen LogP contribution is -2.68. The van der Waals surface area contributed by atoms with Gasteiger partial charge in [-0.25, -0.2) is 0 Å². The standard InChI is InChI=1S/C17H18F17NO3/c1-2-3-4-5-6-7-8-35-9(36)10(18,13(22,23)24)37-17(33,34)12(21,15(28,29)30)38-16(31,32)11(19,20)14(25,26)27/h2-8H2,1H3,(H,35,36)/t10-,12-/m0/s1. The van der Waals surface area contributed by atoms with Crippen LogP contribution in [0.25, 0.3) is 0 Å². The Morgan fingerprint density at radius 1 is 0.579 bits per heavy atom. The second kappa shape index (κ2) is 11.7. The fourth-order valence-electron chi connectivity index (χ4n) is 2.38. The van der Waals surface area contributed by atoms with Gasteiger partial charge in [-0.1, -0.05) is 39.0 Å². The van der Waals surface area contributed by atoms with Crippen LogP contribution in [0.1, 0.15) is 45.4 Å². The first kappa shape index (κ1) is 36.2. The summed E-state index contributed by atoms with van der Waals surface area (Å²) in [6, 6.07) is 0. The van der Waals surface area contributed by atoms with Crippen LogP contribution < -0.4 is 5.32 Å². The van der Waals surface area contributed by atoms with Crippen LogP contribution in [0.4, 0.5) is 74.6 Å². The Morgan fingerprint density at radius 2 is 1.03 bits per heavy atom. The maximum Gasteiger partial charge on any atom is 0.462 e. The van der Waals surface area contributed by atoms with Crippen molar-refractivity contribution in [3.63, 3.8) is 0 Å². The van der Waals surface area contributed by atoms with Crippen molar-refractivity contribution in [1.82, 2.24) is 5.32 Å². The second-order valence-electron chi connectivity index (χ2n) is 7.52. The lowest BCUT2D eigenvalue weighted by molar-refractivity contribution is -0.548. The quantitative estimate of drug-likeness (QED) is 0.166. The van der Waals surface area contributed by atoms with Gasteiger partial charge in [-0.3, -0.25) is 14.3 Å². The molecule has 1 amide bonds. The normalized spacial score (nSPS) is 17.6. The highest BCUT2D eigenvalue weighted by molar-refractivity contribution is 5.84. The summed E-state index contributed by atoms with van der Waals surface area (Å²) in [4.78, 5) is 11.6. The van der Waals surface area contributed by atoms with Gasteiger partial charge in [0.05, 0.1) is 0 Å². The Hall–Kier alpha value is -1.80. The zero-order valence-electron chi connectivity index (χ0n) is 18.6. The Labute approximate surface area is 201 Å². The zero-order valence-corrected chi connectivity index (χ0v) is 18.6. The molecule has 228 valence electrons. The molecule has 0 fully saturated rings. The first-order valence-electron chi connectivity index (χ1n) is 10.0. The Kier molecular flexibility index (Phi) is 11.2. The van der Waals surface area contributed by atoms with Crippen LogP contribution in [0.5, 0.6) is 0 Å². The molecular weight excluding hydrogens is 589 g/mol. The molecule has 0 aliphatic carbocycles. The third-order valence-corrected chi connectivity index (χ3v) is 4.47. The van der Waals surface area contributed by atoms with Gasteiger partial charge in [0, 0.05) is 6.54 Å². The van der Waals surface area contributed by atoms with E-state index < -0.39 is 60.8 Å². The van der Waals surface area contributed by atoms with Gasteiger partial charge in [0.1, 0.15) is 0 Å². The number of ether oxygens (including phenoxy) is 2. The third-order valence-electron chi connectivity index (χ3n) is 4.47. The average molecular weight is 607 g/mol. The number of unbranched alkanes of at least 4 members (excludes halogenated alkanes) is 5. The van der Waals surface area contributed by atoms with Crippen molar-refractivity contribution in [1.29, 1.82) is 0 Å². The summed E-state index contributed by atoms with van der Waals surface area (Å²) in [7, 11) is 0. The first-order valence-corrected chi connectivity index (χ1v) is 10.0. The van der Waals surface area contributed by atoms with Crippen molar-refractivity contribution in [2.75, 3.05) is 6.54 Å². The van der Waals surface area contributed by atoms with E-state index in [1.807, 2.05) is 4.74 Å².